The third-order valence-electron chi connectivity index (χ3n) is 6.06. The van der Waals surface area contributed by atoms with E-state index in [0.29, 0.717) is 13.2 Å². The number of anilines is 2. The zero-order valence-electron chi connectivity index (χ0n) is 15.7. The normalized spacial score (nSPS) is 28.0. The highest BCUT2D eigenvalue weighted by Crippen LogP contribution is 2.44. The molecule has 0 spiro atoms. The summed E-state index contributed by atoms with van der Waals surface area (Å²) in [5.74, 6) is -3.79. The van der Waals surface area contributed by atoms with Gasteiger partial charge < -0.3 is 30.4 Å². The van der Waals surface area contributed by atoms with Gasteiger partial charge >= 0.3 is 5.97 Å². The van der Waals surface area contributed by atoms with E-state index >= 15 is 8.78 Å². The summed E-state index contributed by atoms with van der Waals surface area (Å²) in [5, 5.41) is 12.0. The number of fused-ring (bicyclic) bond motifs is 2. The maximum absolute atomic E-state index is 15.7. The lowest BCUT2D eigenvalue weighted by molar-refractivity contribution is 0.0212. The van der Waals surface area contributed by atoms with Crippen molar-refractivity contribution in [3.8, 4) is 0 Å². The van der Waals surface area contributed by atoms with Crippen LogP contribution < -0.4 is 21.4 Å². The number of nitrogens with zero attached hydrogens (tertiary/aromatic N) is 2. The van der Waals surface area contributed by atoms with Gasteiger partial charge in [0.25, 0.3) is 0 Å². The number of rotatable bonds is 3. The number of nitrogens with one attached hydrogen (secondary N) is 1. The van der Waals surface area contributed by atoms with Gasteiger partial charge in [0.15, 0.2) is 11.6 Å². The molecule has 0 bridgehead atoms. The molecule has 1 aliphatic carbocycles. The number of carbonyl (C=O) groups is 1. The molecule has 4 unspecified atom stereocenters. The van der Waals surface area contributed by atoms with Gasteiger partial charge in [-0.1, -0.05) is 0 Å². The van der Waals surface area contributed by atoms with Crippen LogP contribution in [0.25, 0.3) is 10.9 Å². The SMILES string of the molecule is Nc1c(F)c(N2CC3NCCOC3C2)c(F)c2c1c(=O)c(C(=O)O)cn2C1CC1F. The molecule has 1 aromatic heterocycles. The Morgan fingerprint density at radius 2 is 2.03 bits per heavy atom. The highest BCUT2D eigenvalue weighted by atomic mass is 19.1. The summed E-state index contributed by atoms with van der Waals surface area (Å²) in [6.07, 6.45) is -0.631. The minimum atomic E-state index is -1.58. The maximum Gasteiger partial charge on any atom is 0.341 e. The van der Waals surface area contributed by atoms with E-state index in [0.717, 1.165) is 10.8 Å². The second-order valence-electron chi connectivity index (χ2n) is 7.89. The molecule has 5 rings (SSSR count). The van der Waals surface area contributed by atoms with Crippen LogP contribution >= 0.6 is 0 Å². The van der Waals surface area contributed by atoms with E-state index in [-0.39, 0.29) is 37.2 Å². The molecular formula is C19H19F3N4O4. The maximum atomic E-state index is 15.7. The summed E-state index contributed by atoms with van der Waals surface area (Å²) < 4.78 is 51.5. The Balaban J connectivity index is 1.75. The third-order valence-corrected chi connectivity index (χ3v) is 6.06. The van der Waals surface area contributed by atoms with Crippen LogP contribution in [0.3, 0.4) is 0 Å². The number of ether oxygens (including phenoxy) is 1. The molecule has 160 valence electrons. The third kappa shape index (κ3) is 2.68. The molecular weight excluding hydrogens is 405 g/mol. The highest BCUT2D eigenvalue weighted by molar-refractivity contribution is 5.99. The van der Waals surface area contributed by atoms with Gasteiger partial charge in [0.05, 0.1) is 41.4 Å². The fraction of sp³-hybridized carbons (Fsp3) is 0.474. The number of benzene rings is 1. The standard InChI is InChI=1S/C19H19F3N4O4/c20-8-3-10(8)26-4-7(19(28)29)18(27)12-15(23)13(21)17(14(22)16(12)26)25-5-9-11(6-25)30-2-1-24-9/h4,8-11,24H,1-3,5-6,23H2,(H,28,29). The summed E-state index contributed by atoms with van der Waals surface area (Å²) in [5.41, 5.74) is 2.60. The Hall–Kier alpha value is -2.79. The Bertz CT molecular complexity index is 1120. The van der Waals surface area contributed by atoms with Crippen LogP contribution in [0.4, 0.5) is 24.5 Å². The van der Waals surface area contributed by atoms with Crippen molar-refractivity contribution in [1.29, 1.82) is 0 Å². The quantitative estimate of drug-likeness (QED) is 0.631. The second-order valence-corrected chi connectivity index (χ2v) is 7.89. The lowest BCUT2D eigenvalue weighted by Gasteiger charge is -2.25. The monoisotopic (exact) mass is 424 g/mol. The van der Waals surface area contributed by atoms with Crippen molar-refractivity contribution < 1.29 is 27.8 Å². The molecule has 11 heteroatoms. The minimum Gasteiger partial charge on any atom is -0.477 e. The van der Waals surface area contributed by atoms with Crippen LogP contribution in [0.2, 0.25) is 0 Å². The number of nitrogen functional groups attached to an aromatic ring is 1. The summed E-state index contributed by atoms with van der Waals surface area (Å²) >= 11 is 0. The van der Waals surface area contributed by atoms with Crippen molar-refractivity contribution >= 4 is 28.2 Å². The number of morpholine rings is 1. The molecule has 4 atom stereocenters. The number of carboxylic acids is 1. The number of hydrogen-bond acceptors (Lipinski definition) is 6. The summed E-state index contributed by atoms with van der Waals surface area (Å²) in [6, 6.07) is -0.964. The van der Waals surface area contributed by atoms with E-state index in [1.54, 1.807) is 0 Å². The Kier molecular flexibility index (Phi) is 4.23. The molecule has 30 heavy (non-hydrogen) atoms. The fourth-order valence-electron chi connectivity index (χ4n) is 4.46. The molecule has 0 amide bonds. The van der Waals surface area contributed by atoms with Gasteiger partial charge in [-0.2, -0.15) is 0 Å². The van der Waals surface area contributed by atoms with E-state index < -0.39 is 57.6 Å². The van der Waals surface area contributed by atoms with Crippen molar-refractivity contribution in [2.24, 2.45) is 0 Å². The molecule has 3 fully saturated rings. The number of nitrogens with two attached hydrogens (primary N) is 1. The Morgan fingerprint density at radius 1 is 1.30 bits per heavy atom. The first kappa shape index (κ1) is 19.2. The zero-order chi connectivity index (χ0) is 21.3. The van der Waals surface area contributed by atoms with Gasteiger partial charge in [0.2, 0.25) is 5.43 Å². The van der Waals surface area contributed by atoms with Crippen molar-refractivity contribution in [2.45, 2.75) is 30.8 Å². The molecule has 3 heterocycles. The van der Waals surface area contributed by atoms with Crippen LogP contribution in [0.15, 0.2) is 11.0 Å². The van der Waals surface area contributed by atoms with Crippen molar-refractivity contribution in [2.75, 3.05) is 36.9 Å². The molecule has 2 aliphatic heterocycles. The first-order valence-corrected chi connectivity index (χ1v) is 9.62. The van der Waals surface area contributed by atoms with E-state index in [4.69, 9.17) is 10.5 Å². The van der Waals surface area contributed by atoms with Gasteiger partial charge in [-0.3, -0.25) is 4.79 Å². The summed E-state index contributed by atoms with van der Waals surface area (Å²) in [6.45, 7) is 1.58. The molecule has 3 aliphatic rings. The van der Waals surface area contributed by atoms with Crippen LogP contribution in [-0.2, 0) is 4.74 Å². The van der Waals surface area contributed by atoms with Crippen LogP contribution in [0.1, 0.15) is 22.8 Å². The van der Waals surface area contributed by atoms with Crippen molar-refractivity contribution in [3.05, 3.63) is 33.6 Å². The number of pyridine rings is 1. The number of alkyl halides is 1. The number of halogens is 3. The van der Waals surface area contributed by atoms with Crippen LogP contribution in [0.5, 0.6) is 0 Å². The molecule has 0 radical (unpaired) electrons. The van der Waals surface area contributed by atoms with E-state index in [9.17, 15) is 19.1 Å². The van der Waals surface area contributed by atoms with Gasteiger partial charge in [0, 0.05) is 32.3 Å². The first-order valence-electron chi connectivity index (χ1n) is 9.62. The highest BCUT2D eigenvalue weighted by Gasteiger charge is 2.43. The van der Waals surface area contributed by atoms with Crippen LogP contribution in [-0.4, -0.2) is 60.2 Å². The van der Waals surface area contributed by atoms with Crippen molar-refractivity contribution in [1.82, 2.24) is 9.88 Å². The van der Waals surface area contributed by atoms with E-state index in [1.807, 2.05) is 0 Å². The predicted octanol–water partition coefficient (Wildman–Crippen LogP) is 1.02. The van der Waals surface area contributed by atoms with Gasteiger partial charge in [-0.15, -0.1) is 0 Å². The lowest BCUT2D eigenvalue weighted by atomic mass is 10.1. The second kappa shape index (κ2) is 6.61. The molecule has 4 N–H and O–H groups in total. The number of carboxylic acid groups (broad SMARTS) is 1. The largest absolute Gasteiger partial charge is 0.477 e. The minimum absolute atomic E-state index is 0.0364. The topological polar surface area (TPSA) is 110 Å². The van der Waals surface area contributed by atoms with Gasteiger partial charge in [-0.25, -0.2) is 18.0 Å². The smallest absolute Gasteiger partial charge is 0.341 e. The number of hydrogen-bond donors (Lipinski definition) is 3. The van der Waals surface area contributed by atoms with Gasteiger partial charge in [-0.05, 0) is 0 Å². The molecule has 8 nitrogen and oxygen atoms in total. The number of aromatic nitrogens is 1. The fourth-order valence-corrected chi connectivity index (χ4v) is 4.46. The van der Waals surface area contributed by atoms with E-state index in [1.165, 1.54) is 4.90 Å². The molecule has 2 aromatic rings. The molecule has 1 saturated carbocycles. The van der Waals surface area contributed by atoms with E-state index in [2.05, 4.69) is 5.32 Å². The number of aromatic carboxylic acids is 1. The van der Waals surface area contributed by atoms with Crippen LogP contribution in [0, 0.1) is 11.6 Å². The molecule has 2 saturated heterocycles. The Morgan fingerprint density at radius 3 is 2.67 bits per heavy atom. The van der Waals surface area contributed by atoms with Crippen molar-refractivity contribution in [3.63, 3.8) is 0 Å². The van der Waals surface area contributed by atoms with Gasteiger partial charge in [0.1, 0.15) is 17.4 Å². The Labute approximate surface area is 168 Å². The summed E-state index contributed by atoms with van der Waals surface area (Å²) in [7, 11) is 0. The lowest BCUT2D eigenvalue weighted by Crippen LogP contribution is -2.47. The first-order chi connectivity index (χ1) is 14.3. The predicted molar refractivity (Wildman–Crippen MR) is 102 cm³/mol. The summed E-state index contributed by atoms with van der Waals surface area (Å²) in [4.78, 5) is 25.6. The average Bonchev–Trinajstić information content (AvgIpc) is 3.27. The molecule has 1 aromatic carbocycles. The average molecular weight is 424 g/mol. The zero-order valence-corrected chi connectivity index (χ0v) is 15.7.